The van der Waals surface area contributed by atoms with Crippen LogP contribution in [0.25, 0.3) is 0 Å². The van der Waals surface area contributed by atoms with E-state index in [1.807, 2.05) is 0 Å². The van der Waals surface area contributed by atoms with Crippen molar-refractivity contribution in [1.29, 1.82) is 0 Å². The van der Waals surface area contributed by atoms with Crippen molar-refractivity contribution in [3.8, 4) is 0 Å². The van der Waals surface area contributed by atoms with Crippen LogP contribution in [0.4, 0.5) is 0 Å². The van der Waals surface area contributed by atoms with E-state index in [2.05, 4.69) is 27.7 Å². The van der Waals surface area contributed by atoms with Gasteiger partial charge in [0.1, 0.15) is 0 Å². The Kier molecular flexibility index (Phi) is 0.713. The summed E-state index contributed by atoms with van der Waals surface area (Å²) >= 11 is 0. The molecule has 6 aliphatic carbocycles. The van der Waals surface area contributed by atoms with E-state index in [4.69, 9.17) is 0 Å². The highest BCUT2D eigenvalue weighted by Gasteiger charge is 3.04. The van der Waals surface area contributed by atoms with Crippen molar-refractivity contribution in [3.05, 3.63) is 0 Å². The molecule has 8 unspecified atom stereocenters. The second-order valence-electron chi connectivity index (χ2n) is 7.88. The molecule has 6 saturated carbocycles. The number of rotatable bonds is 0. The topological polar surface area (TPSA) is 0 Å². The summed E-state index contributed by atoms with van der Waals surface area (Å²) in [7, 11) is 0. The molecule has 0 aromatic heterocycles. The zero-order valence-corrected chi connectivity index (χ0v) is 9.67. The minimum atomic E-state index is 0.690. The molecule has 0 saturated heterocycles. The monoisotopic (exact) mass is 188 g/mol. The Morgan fingerprint density at radius 1 is 1.07 bits per heavy atom. The molecule has 14 heavy (non-hydrogen) atoms. The van der Waals surface area contributed by atoms with Gasteiger partial charge in [0.2, 0.25) is 0 Å². The van der Waals surface area contributed by atoms with Crippen LogP contribution in [0.5, 0.6) is 0 Å². The second-order valence-corrected chi connectivity index (χ2v) is 7.88. The Labute approximate surface area is 86.5 Å². The van der Waals surface area contributed by atoms with Gasteiger partial charge >= 0.3 is 0 Å². The fourth-order valence-corrected chi connectivity index (χ4v) is 7.70. The number of hydrogen-bond donors (Lipinski definition) is 0. The van der Waals surface area contributed by atoms with Crippen LogP contribution in [0.1, 0.15) is 34.1 Å². The molecule has 76 valence electrons. The SMILES string of the molecule is CC1C2C(C3C4CC5(C)C3C425)C1(C)C. The molecule has 0 N–H and O–H groups in total. The van der Waals surface area contributed by atoms with Gasteiger partial charge in [0, 0.05) is 0 Å². The Morgan fingerprint density at radius 2 is 1.79 bits per heavy atom. The quantitative estimate of drug-likeness (QED) is 0.547. The number of hydrogen-bond acceptors (Lipinski definition) is 0. The Morgan fingerprint density at radius 3 is 2.43 bits per heavy atom. The highest BCUT2D eigenvalue weighted by Crippen LogP contribution is 3.08. The fraction of sp³-hybridized carbons (Fsp3) is 1.00. The molecule has 0 heterocycles. The summed E-state index contributed by atoms with van der Waals surface area (Å²) in [5, 5.41) is 0. The van der Waals surface area contributed by atoms with Gasteiger partial charge in [-0.3, -0.25) is 0 Å². The zero-order chi connectivity index (χ0) is 9.67. The van der Waals surface area contributed by atoms with E-state index in [1.54, 1.807) is 6.42 Å². The largest absolute Gasteiger partial charge is 0.0617 e. The summed E-state index contributed by atoms with van der Waals surface area (Å²) in [6.45, 7) is 10.2. The lowest BCUT2D eigenvalue weighted by Gasteiger charge is -2.57. The van der Waals surface area contributed by atoms with Crippen LogP contribution in [0.2, 0.25) is 0 Å². The maximum atomic E-state index is 2.60. The molecule has 0 aromatic carbocycles. The first-order valence-electron chi connectivity index (χ1n) is 6.49. The van der Waals surface area contributed by atoms with E-state index in [1.165, 1.54) is 17.8 Å². The molecule has 0 nitrogen and oxygen atoms in total. The average Bonchev–Trinajstić information content (AvgIpc) is 2.59. The minimum absolute atomic E-state index is 0.690. The van der Waals surface area contributed by atoms with Crippen molar-refractivity contribution in [3.63, 3.8) is 0 Å². The van der Waals surface area contributed by atoms with E-state index in [0.29, 0.717) is 5.41 Å². The van der Waals surface area contributed by atoms with Crippen LogP contribution in [0, 0.1) is 51.8 Å². The summed E-state index contributed by atoms with van der Waals surface area (Å²) in [6.07, 6.45) is 1.61. The molecular weight excluding hydrogens is 168 g/mol. The predicted octanol–water partition coefficient (Wildman–Crippen LogP) is 3.18. The molecule has 1 spiro atoms. The van der Waals surface area contributed by atoms with Crippen molar-refractivity contribution in [2.75, 3.05) is 0 Å². The van der Waals surface area contributed by atoms with Crippen molar-refractivity contribution < 1.29 is 0 Å². The molecule has 8 atom stereocenters. The van der Waals surface area contributed by atoms with Gasteiger partial charge in [0.25, 0.3) is 0 Å². The predicted molar refractivity (Wildman–Crippen MR) is 55.6 cm³/mol. The van der Waals surface area contributed by atoms with Crippen LogP contribution >= 0.6 is 0 Å². The third kappa shape index (κ3) is 0.314. The van der Waals surface area contributed by atoms with Crippen molar-refractivity contribution in [2.24, 2.45) is 51.8 Å². The van der Waals surface area contributed by atoms with Crippen LogP contribution in [0.3, 0.4) is 0 Å². The molecule has 0 aliphatic heterocycles. The van der Waals surface area contributed by atoms with Gasteiger partial charge in [-0.25, -0.2) is 0 Å². The Bertz CT molecular complexity index is 381. The smallest absolute Gasteiger partial charge is 0.0139 e. The van der Waals surface area contributed by atoms with E-state index in [-0.39, 0.29) is 0 Å². The van der Waals surface area contributed by atoms with Gasteiger partial charge in [-0.15, -0.1) is 0 Å². The molecule has 6 aliphatic rings. The minimum Gasteiger partial charge on any atom is -0.0617 e. The van der Waals surface area contributed by atoms with Gasteiger partial charge in [-0.1, -0.05) is 27.7 Å². The van der Waals surface area contributed by atoms with Gasteiger partial charge in [0.05, 0.1) is 0 Å². The van der Waals surface area contributed by atoms with Crippen LogP contribution in [-0.2, 0) is 0 Å². The fourth-order valence-electron chi connectivity index (χ4n) is 7.70. The van der Waals surface area contributed by atoms with E-state index >= 15 is 0 Å². The summed E-state index contributed by atoms with van der Waals surface area (Å²) in [5.74, 6) is 6.93. The summed E-state index contributed by atoms with van der Waals surface area (Å²) < 4.78 is 0. The first-order valence-corrected chi connectivity index (χ1v) is 6.49. The summed E-state index contributed by atoms with van der Waals surface area (Å²) in [4.78, 5) is 0. The molecule has 6 rings (SSSR count). The first kappa shape index (κ1) is 7.30. The lowest BCUT2D eigenvalue weighted by atomic mass is 9.47. The lowest BCUT2D eigenvalue weighted by molar-refractivity contribution is -0.102. The van der Waals surface area contributed by atoms with Gasteiger partial charge in [-0.2, -0.15) is 0 Å². The maximum Gasteiger partial charge on any atom is -0.0139 e. The normalized spacial score (nSPS) is 83.1. The Hall–Kier alpha value is 0. The molecule has 0 radical (unpaired) electrons. The highest BCUT2D eigenvalue weighted by atomic mass is 15.1. The molecular formula is C14H20. The van der Waals surface area contributed by atoms with E-state index in [9.17, 15) is 0 Å². The maximum absolute atomic E-state index is 2.60. The highest BCUT2D eigenvalue weighted by molar-refractivity contribution is 5.50. The van der Waals surface area contributed by atoms with Crippen molar-refractivity contribution >= 4 is 0 Å². The van der Waals surface area contributed by atoms with Crippen LogP contribution < -0.4 is 0 Å². The summed E-state index contributed by atoms with van der Waals surface area (Å²) in [6, 6.07) is 0. The van der Waals surface area contributed by atoms with Crippen molar-refractivity contribution in [2.45, 2.75) is 34.1 Å². The van der Waals surface area contributed by atoms with Gasteiger partial charge in [0.15, 0.2) is 0 Å². The third-order valence-corrected chi connectivity index (χ3v) is 8.14. The average molecular weight is 188 g/mol. The zero-order valence-electron chi connectivity index (χ0n) is 9.67. The Balaban J connectivity index is 1.70. The standard InChI is InChI=1S/C14H20/c1-6-9-10(12(6,2)3)8-7-5-13(4)11(8)14(7,9)13/h6-11H,5H2,1-4H3. The second kappa shape index (κ2) is 1.37. The van der Waals surface area contributed by atoms with Gasteiger partial charge in [-0.05, 0) is 58.2 Å². The van der Waals surface area contributed by atoms with Crippen molar-refractivity contribution in [1.82, 2.24) is 0 Å². The lowest BCUT2D eigenvalue weighted by Crippen LogP contribution is -2.53. The third-order valence-electron chi connectivity index (χ3n) is 8.14. The molecule has 6 fully saturated rings. The first-order chi connectivity index (χ1) is 6.49. The van der Waals surface area contributed by atoms with E-state index in [0.717, 1.165) is 28.6 Å². The van der Waals surface area contributed by atoms with Crippen LogP contribution in [-0.4, -0.2) is 0 Å². The molecule has 0 heteroatoms. The molecule has 0 amide bonds. The van der Waals surface area contributed by atoms with Crippen LogP contribution in [0.15, 0.2) is 0 Å². The van der Waals surface area contributed by atoms with E-state index < -0.39 is 0 Å². The molecule has 0 aromatic rings. The molecule has 2 bridgehead atoms. The van der Waals surface area contributed by atoms with Gasteiger partial charge < -0.3 is 0 Å². The summed E-state index contributed by atoms with van der Waals surface area (Å²) in [5.41, 5.74) is 2.50.